The molecule has 11 atom stereocenters. The smallest absolute Gasteiger partial charge is 0.756 e. The van der Waals surface area contributed by atoms with Gasteiger partial charge in [-0.2, -0.15) is 0 Å². The normalized spacial score (nSPS) is 49.6. The summed E-state index contributed by atoms with van der Waals surface area (Å²) in [4.78, 5) is 56.8. The van der Waals surface area contributed by atoms with Gasteiger partial charge in [-0.3, -0.25) is 13.9 Å². The van der Waals surface area contributed by atoms with Crippen LogP contribution in [0.3, 0.4) is 0 Å². The van der Waals surface area contributed by atoms with Crippen LogP contribution in [0.1, 0.15) is 39.5 Å². The molecule has 7 unspecified atom stereocenters. The van der Waals surface area contributed by atoms with Gasteiger partial charge in [0.25, 0.3) is 15.6 Å². The van der Waals surface area contributed by atoms with E-state index < -0.39 is 79.5 Å². The number of ketones is 1. The quantitative estimate of drug-likeness (QED) is 0.142. The Morgan fingerprint density at radius 1 is 1.08 bits per heavy atom. The Hall–Kier alpha value is 1.51. The van der Waals surface area contributed by atoms with Crippen LogP contribution in [0, 0.1) is 34.0 Å². The number of hydrogen-bond acceptors (Lipinski definition) is 10. The van der Waals surface area contributed by atoms with Gasteiger partial charge in [-0.1, -0.05) is 20.4 Å². The molecule has 6 aliphatic rings. The fourth-order valence-corrected chi connectivity index (χ4v) is 9.59. The van der Waals surface area contributed by atoms with Gasteiger partial charge in [0.15, 0.2) is 5.78 Å². The minimum Gasteiger partial charge on any atom is -0.756 e. The van der Waals surface area contributed by atoms with Crippen molar-refractivity contribution in [3.8, 4) is 0 Å². The molecule has 2 aliphatic heterocycles. The van der Waals surface area contributed by atoms with E-state index in [9.17, 15) is 43.7 Å². The number of aliphatic hydroxyl groups is 2. The molecule has 2 spiro atoms. The molecule has 0 aromatic rings. The molecule has 6 fully saturated rings. The fraction of sp³-hybridized carbons (Fsp3) is 0.850. The topological polar surface area (TPSA) is 206 Å². The van der Waals surface area contributed by atoms with Crippen LogP contribution in [0.2, 0.25) is 0 Å². The van der Waals surface area contributed by atoms with E-state index in [4.69, 9.17) is 13.8 Å². The van der Waals surface area contributed by atoms with Crippen LogP contribution < -0.4 is 68.9 Å². The van der Waals surface area contributed by atoms with Crippen molar-refractivity contribution in [1.29, 1.82) is 0 Å². The van der Waals surface area contributed by atoms with E-state index in [1.54, 1.807) is 13.8 Å². The molecule has 192 valence electrons. The third kappa shape index (κ3) is 4.02. The molecule has 36 heavy (non-hydrogen) atoms. The molecule has 2 heterocycles. The van der Waals surface area contributed by atoms with E-state index in [0.717, 1.165) is 0 Å². The number of ether oxygens (including phenoxy) is 1. The van der Waals surface area contributed by atoms with Crippen molar-refractivity contribution in [3.63, 3.8) is 0 Å². The van der Waals surface area contributed by atoms with E-state index in [1.165, 1.54) is 0 Å². The fourth-order valence-electron chi connectivity index (χ4n) is 8.42. The van der Waals surface area contributed by atoms with Gasteiger partial charge in [0.05, 0.1) is 18.8 Å². The Labute approximate surface area is 252 Å². The number of phosphoric ester groups is 2. The van der Waals surface area contributed by atoms with Crippen molar-refractivity contribution in [2.45, 2.75) is 63.6 Å². The number of carbonyl (C=O) groups excluding carboxylic acids is 1. The predicted molar refractivity (Wildman–Crippen MR) is 108 cm³/mol. The van der Waals surface area contributed by atoms with Gasteiger partial charge < -0.3 is 43.6 Å². The summed E-state index contributed by atoms with van der Waals surface area (Å²) < 4.78 is 39.8. The van der Waals surface area contributed by atoms with Crippen molar-refractivity contribution >= 4 is 21.4 Å². The molecule has 4 N–H and O–H groups in total. The summed E-state index contributed by atoms with van der Waals surface area (Å²) >= 11 is 0. The van der Waals surface area contributed by atoms with Gasteiger partial charge >= 0.3 is 59.1 Å². The average molecular weight is 568 g/mol. The van der Waals surface area contributed by atoms with E-state index in [2.05, 4.69) is 6.58 Å². The molecule has 0 aromatic heterocycles. The molecule has 4 saturated carbocycles. The summed E-state index contributed by atoms with van der Waals surface area (Å²) in [6, 6.07) is 0. The maximum Gasteiger partial charge on any atom is 1.00 e. The second-order valence-corrected chi connectivity index (χ2v) is 13.4. The Morgan fingerprint density at radius 2 is 1.67 bits per heavy atom. The van der Waals surface area contributed by atoms with Gasteiger partial charge in [0, 0.05) is 17.3 Å². The summed E-state index contributed by atoms with van der Waals surface area (Å²) in [6.45, 7) is 6.98. The monoisotopic (exact) mass is 568 g/mol. The molecule has 16 heteroatoms. The standard InChI is InChI=1S/C20H30O12P2.2Na/c1-9-10-4-5-11-18-8-30-20(23,19(11,14(9)21)15(10)22)16(32-34(27,28)29)13(18)17(2,3)7-6-12(18)31-33(24,25)26;;/h10-13,15-16,22-23H,1,4-8H2,2-3H3,(H2,24,25,26)(H2,27,28,29);;/q;2*+1/p-2/t10?,11?,12-,13?,15+,16-,18?,19?,20-;;/m0../s1. The molecule has 0 radical (unpaired) electrons. The van der Waals surface area contributed by atoms with Gasteiger partial charge in [-0.25, -0.2) is 0 Å². The van der Waals surface area contributed by atoms with Crippen molar-refractivity contribution in [2.75, 3.05) is 6.61 Å². The predicted octanol–water partition coefficient (Wildman–Crippen LogP) is -6.65. The second kappa shape index (κ2) is 9.53. The Balaban J connectivity index is 0.00000180. The molecular formula is C20H28Na2O12P2. The van der Waals surface area contributed by atoms with Crippen LogP contribution >= 0.6 is 15.6 Å². The van der Waals surface area contributed by atoms with E-state index >= 15 is 0 Å². The first kappa shape index (κ1) is 32.0. The van der Waals surface area contributed by atoms with Crippen molar-refractivity contribution in [3.05, 3.63) is 12.2 Å². The minimum atomic E-state index is -5.53. The van der Waals surface area contributed by atoms with Crippen LogP contribution in [0.5, 0.6) is 0 Å². The number of fused-ring (bicyclic) bond motifs is 2. The third-order valence-electron chi connectivity index (χ3n) is 9.33. The molecule has 4 aliphatic carbocycles. The number of hydrogen-bond donors (Lipinski definition) is 4. The van der Waals surface area contributed by atoms with Gasteiger partial charge in [0.1, 0.15) is 11.5 Å². The summed E-state index contributed by atoms with van der Waals surface area (Å²) in [6.07, 6.45) is -3.73. The summed E-state index contributed by atoms with van der Waals surface area (Å²) in [5, 5.41) is 23.4. The zero-order valence-electron chi connectivity index (χ0n) is 20.7. The van der Waals surface area contributed by atoms with E-state index in [0.29, 0.717) is 6.42 Å². The summed E-state index contributed by atoms with van der Waals surface area (Å²) in [5.74, 6) is -6.03. The maximum absolute atomic E-state index is 13.7. The van der Waals surface area contributed by atoms with Crippen LogP contribution in [0.25, 0.3) is 0 Å². The summed E-state index contributed by atoms with van der Waals surface area (Å²) in [7, 11) is -10.8. The molecular weight excluding hydrogens is 540 g/mol. The number of Topliss-reactive ketones (excluding diaryl/α,β-unsaturated/α-hetero) is 1. The first-order chi connectivity index (χ1) is 15.4. The zero-order chi connectivity index (χ0) is 25.3. The van der Waals surface area contributed by atoms with Gasteiger partial charge in [-0.15, -0.1) is 0 Å². The third-order valence-corrected chi connectivity index (χ3v) is 10.3. The molecule has 12 nitrogen and oxygen atoms in total. The number of carbonyl (C=O) groups is 1. The first-order valence-corrected chi connectivity index (χ1v) is 14.1. The maximum atomic E-state index is 13.7. The van der Waals surface area contributed by atoms with Crippen molar-refractivity contribution < 1.29 is 117 Å². The molecule has 0 amide bonds. The van der Waals surface area contributed by atoms with Gasteiger partial charge in [-0.05, 0) is 42.6 Å². The Morgan fingerprint density at radius 3 is 2.22 bits per heavy atom. The van der Waals surface area contributed by atoms with Crippen LogP contribution in [-0.4, -0.2) is 56.5 Å². The van der Waals surface area contributed by atoms with Gasteiger partial charge in [0.2, 0.25) is 5.79 Å². The number of rotatable bonds is 4. The summed E-state index contributed by atoms with van der Waals surface area (Å²) in [5.41, 5.74) is -4.37. The second-order valence-electron chi connectivity index (χ2n) is 11.1. The van der Waals surface area contributed by atoms with Crippen molar-refractivity contribution in [2.24, 2.45) is 34.0 Å². The van der Waals surface area contributed by atoms with Crippen molar-refractivity contribution in [1.82, 2.24) is 0 Å². The molecule has 2 saturated heterocycles. The van der Waals surface area contributed by atoms with Crippen LogP contribution in [0.4, 0.5) is 0 Å². The average Bonchev–Trinajstić information content (AvgIpc) is 2.78. The molecule has 4 bridgehead atoms. The Kier molecular flexibility index (Phi) is 8.48. The first-order valence-electron chi connectivity index (χ1n) is 11.2. The Bertz CT molecular complexity index is 1060. The molecule has 6 rings (SSSR count). The number of phosphoric acid groups is 2. The van der Waals surface area contributed by atoms with E-state index in [-0.39, 0.29) is 90.6 Å². The van der Waals surface area contributed by atoms with Crippen LogP contribution in [-0.2, 0) is 27.7 Å². The number of aliphatic hydroxyl groups excluding tert-OH is 1. The SMILES string of the molecule is C=C1C(=O)C23C(CCC1[C@H]2O)C12CO[C@@]3(O)[C@@H](OP(=O)([O-])O)C1C(C)(C)CC[C@@H]2OP(=O)([O-])O.[Na+].[Na+]. The van der Waals surface area contributed by atoms with E-state index in [1.807, 2.05) is 0 Å². The minimum absolute atomic E-state index is 0. The zero-order valence-corrected chi connectivity index (χ0v) is 26.4. The molecule has 0 aromatic carbocycles. The van der Waals surface area contributed by atoms with Crippen LogP contribution in [0.15, 0.2) is 12.2 Å². The largest absolute Gasteiger partial charge is 1.00 e.